The van der Waals surface area contributed by atoms with E-state index >= 15 is 0 Å². The average molecular weight is 370 g/mol. The zero-order chi connectivity index (χ0) is 19.4. The third kappa shape index (κ3) is 4.17. The number of anilines is 2. The fourth-order valence-electron chi connectivity index (χ4n) is 3.08. The fraction of sp³-hybridized carbons (Fsp3) is 0.316. The summed E-state index contributed by atoms with van der Waals surface area (Å²) in [6.07, 6.45) is 0. The molecule has 2 aromatic rings. The van der Waals surface area contributed by atoms with Crippen molar-refractivity contribution in [3.63, 3.8) is 0 Å². The molecule has 0 atom stereocenters. The first-order valence-corrected chi connectivity index (χ1v) is 8.66. The molecule has 1 aliphatic heterocycles. The number of rotatable bonds is 5. The number of benzene rings is 2. The molecule has 1 saturated heterocycles. The van der Waals surface area contributed by atoms with Gasteiger partial charge in [-0.3, -0.25) is 14.9 Å². The first-order chi connectivity index (χ1) is 13.0. The number of para-hydroxylation sites is 1. The number of hydrogen-bond acceptors (Lipinski definition) is 6. The Morgan fingerprint density at radius 3 is 2.52 bits per heavy atom. The number of likely N-dealkylation sites (N-methyl/N-ethyl adjacent to an activating group) is 1. The maximum Gasteiger partial charge on any atom is 0.271 e. The molecular weight excluding hydrogens is 348 g/mol. The van der Waals surface area contributed by atoms with Gasteiger partial charge in [-0.15, -0.1) is 0 Å². The van der Waals surface area contributed by atoms with E-state index in [0.29, 0.717) is 17.0 Å². The molecule has 0 radical (unpaired) electrons. The van der Waals surface area contributed by atoms with Gasteiger partial charge < -0.3 is 19.9 Å². The van der Waals surface area contributed by atoms with E-state index in [0.717, 1.165) is 31.9 Å². The van der Waals surface area contributed by atoms with Gasteiger partial charge in [-0.1, -0.05) is 12.1 Å². The third-order valence-corrected chi connectivity index (χ3v) is 4.63. The van der Waals surface area contributed by atoms with Crippen LogP contribution < -0.4 is 15.0 Å². The lowest BCUT2D eigenvalue weighted by atomic mass is 10.1. The second kappa shape index (κ2) is 8.05. The Kier molecular flexibility index (Phi) is 5.56. The molecule has 0 unspecified atom stereocenters. The highest BCUT2D eigenvalue weighted by Crippen LogP contribution is 2.32. The normalized spacial score (nSPS) is 14.7. The van der Waals surface area contributed by atoms with Gasteiger partial charge in [0.25, 0.3) is 11.6 Å². The lowest BCUT2D eigenvalue weighted by molar-refractivity contribution is -0.384. The van der Waals surface area contributed by atoms with Crippen molar-refractivity contribution in [3.8, 4) is 5.75 Å². The van der Waals surface area contributed by atoms with Gasteiger partial charge in [-0.25, -0.2) is 0 Å². The van der Waals surface area contributed by atoms with Crippen molar-refractivity contribution < 1.29 is 14.5 Å². The van der Waals surface area contributed by atoms with Crippen molar-refractivity contribution in [2.45, 2.75) is 0 Å². The van der Waals surface area contributed by atoms with Gasteiger partial charge in [0.15, 0.2) is 0 Å². The maximum absolute atomic E-state index is 12.8. The van der Waals surface area contributed by atoms with Crippen LogP contribution in [0.2, 0.25) is 0 Å². The zero-order valence-electron chi connectivity index (χ0n) is 15.3. The van der Waals surface area contributed by atoms with Gasteiger partial charge in [0.2, 0.25) is 0 Å². The first-order valence-electron chi connectivity index (χ1n) is 8.66. The molecule has 1 fully saturated rings. The Hall–Kier alpha value is -3.13. The molecular formula is C19H22N4O4. The number of nitro benzene ring substituents is 1. The molecule has 1 heterocycles. The van der Waals surface area contributed by atoms with E-state index in [9.17, 15) is 14.9 Å². The summed E-state index contributed by atoms with van der Waals surface area (Å²) in [5.74, 6) is 0.0740. The van der Waals surface area contributed by atoms with Gasteiger partial charge in [0.05, 0.1) is 29.0 Å². The standard InChI is InChI=1S/C19H22N4O4/c1-21-9-11-22(12-10-21)17-8-7-14(23(25)26)13-16(17)20-19(24)15-5-3-4-6-18(15)27-2/h3-8,13H,9-12H2,1-2H3,(H,20,24). The van der Waals surface area contributed by atoms with E-state index < -0.39 is 4.92 Å². The Morgan fingerprint density at radius 2 is 1.85 bits per heavy atom. The minimum atomic E-state index is -0.466. The Morgan fingerprint density at radius 1 is 1.15 bits per heavy atom. The lowest BCUT2D eigenvalue weighted by Gasteiger charge is -2.35. The summed E-state index contributed by atoms with van der Waals surface area (Å²) in [5.41, 5.74) is 1.50. The van der Waals surface area contributed by atoms with Crippen LogP contribution in [0.4, 0.5) is 17.1 Å². The number of carbonyl (C=O) groups excluding carboxylic acids is 1. The van der Waals surface area contributed by atoms with Gasteiger partial charge in [0, 0.05) is 38.3 Å². The molecule has 2 aromatic carbocycles. The lowest BCUT2D eigenvalue weighted by Crippen LogP contribution is -2.44. The summed E-state index contributed by atoms with van der Waals surface area (Å²) in [6.45, 7) is 3.34. The van der Waals surface area contributed by atoms with Crippen LogP contribution in [0.25, 0.3) is 0 Å². The first kappa shape index (κ1) is 18.7. The molecule has 8 nitrogen and oxygen atoms in total. The molecule has 1 amide bonds. The molecule has 0 saturated carbocycles. The van der Waals surface area contributed by atoms with Gasteiger partial charge in [-0.2, -0.15) is 0 Å². The van der Waals surface area contributed by atoms with Crippen LogP contribution in [-0.4, -0.2) is 56.1 Å². The van der Waals surface area contributed by atoms with E-state index in [1.54, 1.807) is 30.3 Å². The molecule has 27 heavy (non-hydrogen) atoms. The van der Waals surface area contributed by atoms with Crippen molar-refractivity contribution in [2.75, 3.05) is 50.6 Å². The van der Waals surface area contributed by atoms with Gasteiger partial charge in [0.1, 0.15) is 5.75 Å². The molecule has 0 aromatic heterocycles. The van der Waals surface area contributed by atoms with Crippen molar-refractivity contribution in [1.82, 2.24) is 4.90 Å². The van der Waals surface area contributed by atoms with E-state index in [-0.39, 0.29) is 11.6 Å². The van der Waals surface area contributed by atoms with Crippen LogP contribution in [-0.2, 0) is 0 Å². The summed E-state index contributed by atoms with van der Waals surface area (Å²) in [7, 11) is 3.55. The molecule has 0 aliphatic carbocycles. The number of hydrogen-bond donors (Lipinski definition) is 1. The average Bonchev–Trinajstić information content (AvgIpc) is 2.68. The number of nitrogens with one attached hydrogen (secondary N) is 1. The maximum atomic E-state index is 12.8. The quantitative estimate of drug-likeness (QED) is 0.643. The highest BCUT2D eigenvalue weighted by molar-refractivity contribution is 6.07. The second-order valence-electron chi connectivity index (χ2n) is 6.40. The highest BCUT2D eigenvalue weighted by atomic mass is 16.6. The van der Waals surface area contributed by atoms with Crippen LogP contribution in [0.3, 0.4) is 0 Å². The summed E-state index contributed by atoms with van der Waals surface area (Å²) in [6, 6.07) is 11.4. The molecule has 3 rings (SSSR count). The molecule has 8 heteroatoms. The van der Waals surface area contributed by atoms with Crippen LogP contribution in [0.15, 0.2) is 42.5 Å². The summed E-state index contributed by atoms with van der Waals surface area (Å²) >= 11 is 0. The Bertz CT molecular complexity index is 847. The van der Waals surface area contributed by atoms with Crippen molar-refractivity contribution in [1.29, 1.82) is 0 Å². The molecule has 1 N–H and O–H groups in total. The fourth-order valence-corrected chi connectivity index (χ4v) is 3.08. The molecule has 142 valence electrons. The number of ether oxygens (including phenoxy) is 1. The number of nitro groups is 1. The molecule has 0 bridgehead atoms. The van der Waals surface area contributed by atoms with Crippen molar-refractivity contribution in [3.05, 3.63) is 58.1 Å². The van der Waals surface area contributed by atoms with E-state index in [1.165, 1.54) is 19.2 Å². The largest absolute Gasteiger partial charge is 0.496 e. The number of carbonyl (C=O) groups is 1. The van der Waals surface area contributed by atoms with Crippen molar-refractivity contribution in [2.24, 2.45) is 0 Å². The second-order valence-corrected chi connectivity index (χ2v) is 6.40. The Balaban J connectivity index is 1.93. The minimum Gasteiger partial charge on any atom is -0.496 e. The Labute approximate surface area is 157 Å². The monoisotopic (exact) mass is 370 g/mol. The number of methoxy groups -OCH3 is 1. The van der Waals surface area contributed by atoms with Gasteiger partial charge in [-0.05, 0) is 25.2 Å². The zero-order valence-corrected chi connectivity index (χ0v) is 15.3. The highest BCUT2D eigenvalue weighted by Gasteiger charge is 2.21. The van der Waals surface area contributed by atoms with Gasteiger partial charge >= 0.3 is 0 Å². The van der Waals surface area contributed by atoms with E-state index in [2.05, 4.69) is 22.2 Å². The van der Waals surface area contributed by atoms with Crippen LogP contribution >= 0.6 is 0 Å². The number of piperazine rings is 1. The third-order valence-electron chi connectivity index (χ3n) is 4.63. The topological polar surface area (TPSA) is 87.9 Å². The minimum absolute atomic E-state index is 0.0665. The number of nitrogens with zero attached hydrogens (tertiary/aromatic N) is 3. The summed E-state index contributed by atoms with van der Waals surface area (Å²) < 4.78 is 5.24. The van der Waals surface area contributed by atoms with E-state index in [4.69, 9.17) is 4.74 Å². The predicted molar refractivity (Wildman–Crippen MR) is 104 cm³/mol. The van der Waals surface area contributed by atoms with Crippen LogP contribution in [0, 0.1) is 10.1 Å². The van der Waals surface area contributed by atoms with Crippen molar-refractivity contribution >= 4 is 23.0 Å². The molecule has 1 aliphatic rings. The predicted octanol–water partition coefficient (Wildman–Crippen LogP) is 2.61. The van der Waals surface area contributed by atoms with Crippen LogP contribution in [0.5, 0.6) is 5.75 Å². The number of non-ortho nitro benzene ring substituents is 1. The van der Waals surface area contributed by atoms with Crippen LogP contribution in [0.1, 0.15) is 10.4 Å². The SMILES string of the molecule is COc1ccccc1C(=O)Nc1cc([N+](=O)[O-])ccc1N1CCN(C)CC1. The number of amides is 1. The summed E-state index contributed by atoms with van der Waals surface area (Å²) in [4.78, 5) is 27.8. The van der Waals surface area contributed by atoms with E-state index in [1.807, 2.05) is 0 Å². The molecule has 0 spiro atoms. The summed E-state index contributed by atoms with van der Waals surface area (Å²) in [5, 5.41) is 14.0. The smallest absolute Gasteiger partial charge is 0.271 e.